The van der Waals surface area contributed by atoms with Gasteiger partial charge in [0.2, 0.25) is 11.7 Å². The summed E-state index contributed by atoms with van der Waals surface area (Å²) in [7, 11) is 0. The van der Waals surface area contributed by atoms with Crippen molar-refractivity contribution in [2.24, 2.45) is 0 Å². The summed E-state index contributed by atoms with van der Waals surface area (Å²) < 4.78 is 10.7. The van der Waals surface area contributed by atoms with E-state index in [1.54, 1.807) is 43.0 Å². The van der Waals surface area contributed by atoms with Gasteiger partial charge in [-0.1, -0.05) is 29.4 Å². The van der Waals surface area contributed by atoms with Gasteiger partial charge < -0.3 is 9.26 Å². The number of rotatable bonds is 7. The van der Waals surface area contributed by atoms with E-state index in [4.69, 9.17) is 9.26 Å². The van der Waals surface area contributed by atoms with E-state index in [0.717, 1.165) is 11.3 Å². The molecule has 0 aliphatic carbocycles. The number of carbonyl (C=O) groups excluding carboxylic acids is 1. The molecule has 0 saturated carbocycles. The van der Waals surface area contributed by atoms with Crippen molar-refractivity contribution in [1.82, 2.24) is 15.1 Å². The maximum atomic E-state index is 12.8. The molecule has 0 radical (unpaired) electrons. The smallest absolute Gasteiger partial charge is 0.261 e. The molecule has 2 heterocycles. The number of thioether (sulfide) groups is 1. The normalized spacial score (nSPS) is 10.7. The Morgan fingerprint density at radius 1 is 1.17 bits per heavy atom. The number of nitrogens with zero attached hydrogens (tertiary/aromatic N) is 3. The van der Waals surface area contributed by atoms with Gasteiger partial charge in [0.05, 0.1) is 11.3 Å². The van der Waals surface area contributed by atoms with E-state index in [1.807, 2.05) is 23.8 Å². The lowest BCUT2D eigenvalue weighted by Crippen LogP contribution is -2.13. The molecule has 0 bridgehead atoms. The molecule has 4 rings (SSSR count). The summed E-state index contributed by atoms with van der Waals surface area (Å²) in [6, 6.07) is 15.1. The van der Waals surface area contributed by atoms with Crippen molar-refractivity contribution in [1.29, 1.82) is 0 Å². The maximum absolute atomic E-state index is 12.8. The highest BCUT2D eigenvalue weighted by Gasteiger charge is 2.15. The lowest BCUT2D eigenvalue weighted by Gasteiger charge is -2.09. The van der Waals surface area contributed by atoms with Crippen molar-refractivity contribution in [3.8, 4) is 17.0 Å². The first kappa shape index (κ1) is 20.1. The number of thiazole rings is 1. The second kappa shape index (κ2) is 9.10. The summed E-state index contributed by atoms with van der Waals surface area (Å²) in [5.74, 6) is 1.01. The minimum atomic E-state index is -0.298. The van der Waals surface area contributed by atoms with Crippen LogP contribution in [0.1, 0.15) is 22.1 Å². The van der Waals surface area contributed by atoms with Crippen molar-refractivity contribution in [2.75, 3.05) is 11.6 Å². The summed E-state index contributed by atoms with van der Waals surface area (Å²) >= 11 is 3.06. The Bertz CT molecular complexity index is 1160. The van der Waals surface area contributed by atoms with E-state index in [2.05, 4.69) is 32.6 Å². The number of anilines is 1. The topological polar surface area (TPSA) is 90.1 Å². The van der Waals surface area contributed by atoms with Gasteiger partial charge >= 0.3 is 0 Å². The van der Waals surface area contributed by atoms with Crippen LogP contribution in [0.15, 0.2) is 63.3 Å². The number of hydrogen-bond donors (Lipinski definition) is 1. The monoisotopic (exact) mass is 438 g/mol. The summed E-state index contributed by atoms with van der Waals surface area (Å²) in [5.41, 5.74) is 2.22. The Labute approximate surface area is 181 Å². The van der Waals surface area contributed by atoms with Gasteiger partial charge in [0, 0.05) is 22.8 Å². The number of aromatic nitrogens is 3. The Morgan fingerprint density at radius 2 is 1.97 bits per heavy atom. The van der Waals surface area contributed by atoms with Gasteiger partial charge in [0.15, 0.2) is 11.7 Å². The Balaban J connectivity index is 1.45. The molecule has 0 unspecified atom stereocenters. The minimum absolute atomic E-state index is 0.106. The molecule has 1 N–H and O–H groups in total. The van der Waals surface area contributed by atoms with Crippen LogP contribution in [0.25, 0.3) is 11.3 Å². The number of amides is 1. The number of nitrogens with one attached hydrogen (secondary N) is 1. The van der Waals surface area contributed by atoms with Crippen LogP contribution in [0.4, 0.5) is 5.13 Å². The van der Waals surface area contributed by atoms with Crippen LogP contribution in [0, 0.1) is 6.92 Å². The summed E-state index contributed by atoms with van der Waals surface area (Å²) in [5, 5.41) is 9.08. The van der Waals surface area contributed by atoms with E-state index >= 15 is 0 Å². The first-order chi connectivity index (χ1) is 14.6. The number of benzene rings is 2. The largest absolute Gasteiger partial charge is 0.485 e. The van der Waals surface area contributed by atoms with Crippen molar-refractivity contribution >= 4 is 34.1 Å². The van der Waals surface area contributed by atoms with Crippen LogP contribution in [0.3, 0.4) is 0 Å². The van der Waals surface area contributed by atoms with Crippen molar-refractivity contribution in [3.63, 3.8) is 0 Å². The number of ether oxygens (including phenoxy) is 1. The van der Waals surface area contributed by atoms with E-state index in [9.17, 15) is 4.79 Å². The zero-order chi connectivity index (χ0) is 20.9. The standard InChI is InChI=1S/C21H18N4O3S2/c1-13-22-19(25-28-13)11-27-18-6-4-3-5-16(18)20(26)24-21-23-17(12-30-21)14-7-9-15(29-2)10-8-14/h3-10,12H,11H2,1-2H3,(H,23,24,26). The number of para-hydroxylation sites is 1. The van der Waals surface area contributed by atoms with Crippen molar-refractivity contribution in [3.05, 3.63) is 71.2 Å². The highest BCUT2D eigenvalue weighted by atomic mass is 32.2. The van der Waals surface area contributed by atoms with E-state index in [0.29, 0.717) is 28.2 Å². The summed E-state index contributed by atoms with van der Waals surface area (Å²) in [6.45, 7) is 1.81. The van der Waals surface area contributed by atoms with Crippen LogP contribution in [-0.4, -0.2) is 27.3 Å². The van der Waals surface area contributed by atoms with Crippen molar-refractivity contribution in [2.45, 2.75) is 18.4 Å². The van der Waals surface area contributed by atoms with E-state index in [1.165, 1.54) is 16.2 Å². The molecule has 0 atom stereocenters. The van der Waals surface area contributed by atoms with Crippen LogP contribution in [-0.2, 0) is 6.61 Å². The van der Waals surface area contributed by atoms with E-state index in [-0.39, 0.29) is 12.5 Å². The maximum Gasteiger partial charge on any atom is 0.261 e. The fraction of sp³-hybridized carbons (Fsp3) is 0.143. The number of hydrogen-bond acceptors (Lipinski definition) is 8. The highest BCUT2D eigenvalue weighted by molar-refractivity contribution is 7.98. The zero-order valence-electron chi connectivity index (χ0n) is 16.3. The predicted molar refractivity (Wildman–Crippen MR) is 117 cm³/mol. The third-order valence-corrected chi connectivity index (χ3v) is 5.67. The fourth-order valence-electron chi connectivity index (χ4n) is 2.71. The SMILES string of the molecule is CSc1ccc(-c2csc(NC(=O)c3ccccc3OCc3noc(C)n3)n2)cc1. The third kappa shape index (κ3) is 4.69. The third-order valence-electron chi connectivity index (χ3n) is 4.17. The molecule has 0 aliphatic heterocycles. The van der Waals surface area contributed by atoms with Crippen LogP contribution in [0.2, 0.25) is 0 Å². The van der Waals surface area contributed by atoms with Gasteiger partial charge in [-0.05, 0) is 30.5 Å². The highest BCUT2D eigenvalue weighted by Crippen LogP contribution is 2.28. The van der Waals surface area contributed by atoms with E-state index < -0.39 is 0 Å². The molecule has 30 heavy (non-hydrogen) atoms. The van der Waals surface area contributed by atoms with Gasteiger partial charge in [0.25, 0.3) is 5.91 Å². The van der Waals surface area contributed by atoms with Crippen LogP contribution in [0.5, 0.6) is 5.75 Å². The van der Waals surface area contributed by atoms with Crippen molar-refractivity contribution < 1.29 is 14.1 Å². The minimum Gasteiger partial charge on any atom is -0.485 e. The first-order valence-corrected chi connectivity index (χ1v) is 11.1. The fourth-order valence-corrected chi connectivity index (χ4v) is 3.84. The predicted octanol–water partition coefficient (Wildman–Crippen LogP) is 5.05. The van der Waals surface area contributed by atoms with Gasteiger partial charge in [-0.15, -0.1) is 23.1 Å². The molecular formula is C21H18N4O3S2. The van der Waals surface area contributed by atoms with Gasteiger partial charge in [-0.2, -0.15) is 4.98 Å². The zero-order valence-corrected chi connectivity index (χ0v) is 17.9. The molecule has 4 aromatic rings. The van der Waals surface area contributed by atoms with Crippen LogP contribution >= 0.6 is 23.1 Å². The Kier molecular flexibility index (Phi) is 6.10. The second-order valence-electron chi connectivity index (χ2n) is 6.23. The lowest BCUT2D eigenvalue weighted by atomic mass is 10.2. The van der Waals surface area contributed by atoms with Crippen LogP contribution < -0.4 is 10.1 Å². The van der Waals surface area contributed by atoms with Gasteiger partial charge in [0.1, 0.15) is 5.75 Å². The molecule has 2 aromatic heterocycles. The average Bonchev–Trinajstić information content (AvgIpc) is 3.41. The number of aryl methyl sites for hydroxylation is 1. The molecule has 9 heteroatoms. The molecule has 0 aliphatic rings. The Hall–Kier alpha value is -3.17. The molecule has 2 aromatic carbocycles. The molecule has 0 spiro atoms. The molecule has 7 nitrogen and oxygen atoms in total. The molecule has 152 valence electrons. The quantitative estimate of drug-likeness (QED) is 0.404. The Morgan fingerprint density at radius 3 is 2.70 bits per heavy atom. The number of carbonyl (C=O) groups is 1. The van der Waals surface area contributed by atoms with Gasteiger partial charge in [-0.3, -0.25) is 10.1 Å². The van der Waals surface area contributed by atoms with Gasteiger partial charge in [-0.25, -0.2) is 4.98 Å². The molecular weight excluding hydrogens is 420 g/mol. The second-order valence-corrected chi connectivity index (χ2v) is 7.97. The summed E-state index contributed by atoms with van der Waals surface area (Å²) in [6.07, 6.45) is 2.04. The molecule has 0 fully saturated rings. The molecule has 1 amide bonds. The lowest BCUT2D eigenvalue weighted by molar-refractivity contribution is 0.102. The average molecular weight is 439 g/mol. The first-order valence-electron chi connectivity index (χ1n) is 9.04. The molecule has 0 saturated heterocycles. The summed E-state index contributed by atoms with van der Waals surface area (Å²) in [4.78, 5) is 22.6.